The number of rotatable bonds is 1. The van der Waals surface area contributed by atoms with Crippen molar-refractivity contribution in [2.45, 2.75) is 13.8 Å². The molecule has 0 saturated carbocycles. The second-order valence-corrected chi connectivity index (χ2v) is 2.82. The van der Waals surface area contributed by atoms with E-state index >= 15 is 0 Å². The van der Waals surface area contributed by atoms with Crippen LogP contribution in [0.5, 0.6) is 5.75 Å². The summed E-state index contributed by atoms with van der Waals surface area (Å²) in [6, 6.07) is 4.09. The predicted molar refractivity (Wildman–Crippen MR) is 54.1 cm³/mol. The Morgan fingerprint density at radius 2 is 1.92 bits per heavy atom. The molecule has 1 aromatic carbocycles. The normalized spacial score (nSPS) is 8.54. The first kappa shape index (κ1) is 12.0. The average Bonchev–Trinajstić information content (AvgIpc) is 2.12. The van der Waals surface area contributed by atoms with Crippen LogP contribution in [0.25, 0.3) is 0 Å². The highest BCUT2D eigenvalue weighted by atomic mass is 79.9. The Morgan fingerprint density at radius 3 is 2.31 bits per heavy atom. The van der Waals surface area contributed by atoms with Crippen LogP contribution >= 0.6 is 15.9 Å². The first-order valence-electron chi connectivity index (χ1n) is 3.83. The molecular formula is C9H11BrO3. The molecule has 0 amide bonds. The number of halogens is 1. The van der Waals surface area contributed by atoms with Gasteiger partial charge in [0.1, 0.15) is 5.75 Å². The molecule has 0 atom stereocenters. The van der Waals surface area contributed by atoms with Gasteiger partial charge in [0.05, 0.1) is 5.56 Å². The monoisotopic (exact) mass is 246 g/mol. The van der Waals surface area contributed by atoms with Gasteiger partial charge in [-0.05, 0) is 34.1 Å². The number of aromatic hydroxyl groups is 1. The van der Waals surface area contributed by atoms with Crippen molar-refractivity contribution in [1.82, 2.24) is 0 Å². The SMILES string of the molecule is CC.O=C(O)c1cc(O)ccc1Br. The van der Waals surface area contributed by atoms with Crippen LogP contribution < -0.4 is 0 Å². The van der Waals surface area contributed by atoms with Crippen molar-refractivity contribution in [3.63, 3.8) is 0 Å². The third-order valence-corrected chi connectivity index (χ3v) is 1.87. The van der Waals surface area contributed by atoms with Crippen LogP contribution in [0.2, 0.25) is 0 Å². The lowest BCUT2D eigenvalue weighted by atomic mass is 10.2. The molecule has 0 bridgehead atoms. The number of carbonyl (C=O) groups is 1. The molecule has 0 aliphatic rings. The number of phenols is 1. The van der Waals surface area contributed by atoms with Crippen LogP contribution in [0.15, 0.2) is 22.7 Å². The molecule has 1 aromatic rings. The smallest absolute Gasteiger partial charge is 0.336 e. The minimum Gasteiger partial charge on any atom is -0.508 e. The lowest BCUT2D eigenvalue weighted by molar-refractivity contribution is 0.0695. The van der Waals surface area contributed by atoms with Crippen LogP contribution in [-0.4, -0.2) is 16.2 Å². The predicted octanol–water partition coefficient (Wildman–Crippen LogP) is 2.88. The topological polar surface area (TPSA) is 57.5 Å². The zero-order valence-corrected chi connectivity index (χ0v) is 9.00. The largest absolute Gasteiger partial charge is 0.508 e. The minimum absolute atomic E-state index is 0.0504. The molecule has 0 aliphatic heterocycles. The van der Waals surface area contributed by atoms with Crippen LogP contribution in [0.3, 0.4) is 0 Å². The molecule has 0 saturated heterocycles. The third-order valence-electron chi connectivity index (χ3n) is 1.18. The Hall–Kier alpha value is -1.03. The molecular weight excluding hydrogens is 236 g/mol. The van der Waals surface area contributed by atoms with Crippen molar-refractivity contribution in [2.24, 2.45) is 0 Å². The van der Waals surface area contributed by atoms with Crippen LogP contribution in [0.1, 0.15) is 24.2 Å². The Labute approximate surface area is 85.1 Å². The molecule has 0 fully saturated rings. The van der Waals surface area contributed by atoms with E-state index in [9.17, 15) is 4.79 Å². The Balaban J connectivity index is 0.000000671. The Bertz CT molecular complexity index is 297. The minimum atomic E-state index is -1.06. The van der Waals surface area contributed by atoms with Crippen molar-refractivity contribution in [2.75, 3.05) is 0 Å². The summed E-state index contributed by atoms with van der Waals surface area (Å²) in [5, 5.41) is 17.5. The molecule has 2 N–H and O–H groups in total. The second kappa shape index (κ2) is 5.59. The van der Waals surface area contributed by atoms with Gasteiger partial charge in [-0.2, -0.15) is 0 Å². The second-order valence-electron chi connectivity index (χ2n) is 1.97. The number of carboxylic acids is 1. The first-order chi connectivity index (χ1) is 6.11. The Kier molecular flexibility index (Phi) is 5.14. The fourth-order valence-corrected chi connectivity index (χ4v) is 1.09. The summed E-state index contributed by atoms with van der Waals surface area (Å²) in [5.74, 6) is -1.11. The summed E-state index contributed by atoms with van der Waals surface area (Å²) in [5.41, 5.74) is 0.0602. The Morgan fingerprint density at radius 1 is 1.38 bits per heavy atom. The van der Waals surface area contributed by atoms with Gasteiger partial charge in [-0.1, -0.05) is 13.8 Å². The zero-order chi connectivity index (χ0) is 10.4. The van der Waals surface area contributed by atoms with Gasteiger partial charge in [0.25, 0.3) is 0 Å². The third kappa shape index (κ3) is 3.46. The molecule has 0 spiro atoms. The summed E-state index contributed by atoms with van der Waals surface area (Å²) in [7, 11) is 0. The molecule has 0 unspecified atom stereocenters. The van der Waals surface area contributed by atoms with Crippen molar-refractivity contribution in [3.05, 3.63) is 28.2 Å². The lowest BCUT2D eigenvalue weighted by Gasteiger charge is -1.97. The molecule has 13 heavy (non-hydrogen) atoms. The van der Waals surface area contributed by atoms with E-state index in [1.54, 1.807) is 0 Å². The summed E-state index contributed by atoms with van der Waals surface area (Å²) in [6.45, 7) is 4.00. The van der Waals surface area contributed by atoms with E-state index in [0.717, 1.165) is 0 Å². The molecule has 72 valence electrons. The molecule has 1 rings (SSSR count). The summed E-state index contributed by atoms with van der Waals surface area (Å²) in [6.07, 6.45) is 0. The van der Waals surface area contributed by atoms with Gasteiger partial charge in [-0.3, -0.25) is 0 Å². The molecule has 0 heterocycles. The van der Waals surface area contributed by atoms with E-state index < -0.39 is 5.97 Å². The maximum atomic E-state index is 10.4. The van der Waals surface area contributed by atoms with Gasteiger partial charge in [0.2, 0.25) is 0 Å². The van der Waals surface area contributed by atoms with E-state index in [0.29, 0.717) is 4.47 Å². The van der Waals surface area contributed by atoms with Crippen LogP contribution in [0, 0.1) is 0 Å². The molecule has 3 nitrogen and oxygen atoms in total. The summed E-state index contributed by atoms with van der Waals surface area (Å²) >= 11 is 3.04. The van der Waals surface area contributed by atoms with Gasteiger partial charge < -0.3 is 10.2 Å². The number of carboxylic acid groups (broad SMARTS) is 1. The average molecular weight is 247 g/mol. The van der Waals surface area contributed by atoms with E-state index in [4.69, 9.17) is 10.2 Å². The number of phenolic OH excluding ortho intramolecular Hbond substituents is 1. The number of hydrogen-bond donors (Lipinski definition) is 2. The molecule has 4 heteroatoms. The van der Waals surface area contributed by atoms with Crippen molar-refractivity contribution in [3.8, 4) is 5.75 Å². The quantitative estimate of drug-likeness (QED) is 0.802. The maximum absolute atomic E-state index is 10.4. The number of benzene rings is 1. The first-order valence-corrected chi connectivity index (χ1v) is 4.62. The maximum Gasteiger partial charge on any atom is 0.336 e. The van der Waals surface area contributed by atoms with Gasteiger partial charge in [0, 0.05) is 4.47 Å². The van der Waals surface area contributed by atoms with Crippen molar-refractivity contribution in [1.29, 1.82) is 0 Å². The van der Waals surface area contributed by atoms with E-state index in [-0.39, 0.29) is 11.3 Å². The van der Waals surface area contributed by atoms with E-state index in [1.165, 1.54) is 18.2 Å². The number of aromatic carboxylic acids is 1. The van der Waals surface area contributed by atoms with E-state index in [2.05, 4.69) is 15.9 Å². The van der Waals surface area contributed by atoms with Crippen LogP contribution in [0.4, 0.5) is 0 Å². The highest BCUT2D eigenvalue weighted by Gasteiger charge is 2.07. The van der Waals surface area contributed by atoms with E-state index in [1.807, 2.05) is 13.8 Å². The molecule has 0 radical (unpaired) electrons. The standard InChI is InChI=1S/C7H5BrO3.C2H6/c8-6-2-1-4(9)3-5(6)7(10)11;1-2/h1-3,9H,(H,10,11);1-2H3. The highest BCUT2D eigenvalue weighted by Crippen LogP contribution is 2.21. The van der Waals surface area contributed by atoms with Gasteiger partial charge in [0.15, 0.2) is 0 Å². The van der Waals surface area contributed by atoms with Gasteiger partial charge in [-0.25, -0.2) is 4.79 Å². The molecule has 0 aromatic heterocycles. The lowest BCUT2D eigenvalue weighted by Crippen LogP contribution is -1.96. The van der Waals surface area contributed by atoms with Crippen molar-refractivity contribution >= 4 is 21.9 Å². The van der Waals surface area contributed by atoms with Crippen molar-refractivity contribution < 1.29 is 15.0 Å². The highest BCUT2D eigenvalue weighted by molar-refractivity contribution is 9.10. The zero-order valence-electron chi connectivity index (χ0n) is 7.41. The van der Waals surface area contributed by atoms with Gasteiger partial charge >= 0.3 is 5.97 Å². The number of hydrogen-bond acceptors (Lipinski definition) is 2. The fourth-order valence-electron chi connectivity index (χ4n) is 0.677. The van der Waals surface area contributed by atoms with Crippen LogP contribution in [-0.2, 0) is 0 Å². The van der Waals surface area contributed by atoms with Gasteiger partial charge in [-0.15, -0.1) is 0 Å². The summed E-state index contributed by atoms with van der Waals surface area (Å²) in [4.78, 5) is 10.4. The molecule has 0 aliphatic carbocycles. The fraction of sp³-hybridized carbons (Fsp3) is 0.222. The summed E-state index contributed by atoms with van der Waals surface area (Å²) < 4.78 is 0.461.